The first-order chi connectivity index (χ1) is 13.6. The number of esters is 1. The van der Waals surface area contributed by atoms with Gasteiger partial charge in [-0.3, -0.25) is 4.79 Å². The highest BCUT2D eigenvalue weighted by molar-refractivity contribution is 6.08. The highest BCUT2D eigenvalue weighted by Crippen LogP contribution is 2.32. The number of nitrogens with zero attached hydrogens (tertiary/aromatic N) is 1. The van der Waals surface area contributed by atoms with Gasteiger partial charge in [-0.2, -0.15) is 0 Å². The Morgan fingerprint density at radius 1 is 1.18 bits per heavy atom. The zero-order valence-corrected chi connectivity index (χ0v) is 15.7. The van der Waals surface area contributed by atoms with E-state index in [1.165, 1.54) is 0 Å². The first-order valence-electron chi connectivity index (χ1n) is 9.56. The lowest BCUT2D eigenvalue weighted by molar-refractivity contribution is -0.150. The zero-order valence-electron chi connectivity index (χ0n) is 15.7. The third kappa shape index (κ3) is 3.26. The molecule has 0 unspecified atom stereocenters. The van der Waals surface area contributed by atoms with Crippen LogP contribution in [-0.2, 0) is 9.53 Å². The number of pyridine rings is 1. The van der Waals surface area contributed by atoms with Gasteiger partial charge in [-0.25, -0.2) is 9.78 Å². The normalized spacial score (nSPS) is 15.5. The van der Waals surface area contributed by atoms with E-state index in [0.29, 0.717) is 35.4 Å². The van der Waals surface area contributed by atoms with Crippen molar-refractivity contribution in [3.8, 4) is 11.5 Å². The van der Waals surface area contributed by atoms with Crippen LogP contribution in [-0.4, -0.2) is 29.0 Å². The van der Waals surface area contributed by atoms with Gasteiger partial charge < -0.3 is 14.5 Å². The van der Waals surface area contributed by atoms with Crippen LogP contribution in [0.3, 0.4) is 0 Å². The molecule has 0 radical (unpaired) electrons. The number of carbonyl (C=O) groups excluding carboxylic acids is 2. The standard InChI is InChI=1S/C22H22N2O4/c1-2-27-21(26)22(11-5-6-12-22)24-20(25)16-14-18(19-10-7-13-28-19)23-17-9-4-3-8-15(16)17/h3-4,7-10,13-14H,2,5-6,11-12H2,1H3,(H,24,25). The van der Waals surface area contributed by atoms with Crippen molar-refractivity contribution in [2.24, 2.45) is 0 Å². The molecule has 1 aliphatic rings. The Bertz CT molecular complexity index is 1000. The second-order valence-electron chi connectivity index (χ2n) is 7.01. The predicted octanol–water partition coefficient (Wildman–Crippen LogP) is 4.10. The fraction of sp³-hybridized carbons (Fsp3) is 0.318. The van der Waals surface area contributed by atoms with E-state index in [1.807, 2.05) is 24.3 Å². The van der Waals surface area contributed by atoms with E-state index in [1.54, 1.807) is 31.4 Å². The van der Waals surface area contributed by atoms with E-state index < -0.39 is 5.54 Å². The molecule has 2 heterocycles. The van der Waals surface area contributed by atoms with Gasteiger partial charge in [-0.05, 0) is 44.0 Å². The molecule has 28 heavy (non-hydrogen) atoms. The highest BCUT2D eigenvalue weighted by atomic mass is 16.5. The molecule has 1 N–H and O–H groups in total. The maximum absolute atomic E-state index is 13.3. The molecule has 0 bridgehead atoms. The van der Waals surface area contributed by atoms with Crippen molar-refractivity contribution in [1.82, 2.24) is 10.3 Å². The van der Waals surface area contributed by atoms with Crippen LogP contribution in [0, 0.1) is 0 Å². The Kier molecular flexibility index (Phi) is 4.86. The molecule has 0 spiro atoms. The number of para-hydroxylation sites is 1. The molecule has 4 rings (SSSR count). The number of aromatic nitrogens is 1. The van der Waals surface area contributed by atoms with E-state index in [4.69, 9.17) is 9.15 Å². The number of rotatable bonds is 5. The van der Waals surface area contributed by atoms with Crippen molar-refractivity contribution < 1.29 is 18.7 Å². The van der Waals surface area contributed by atoms with Crippen LogP contribution < -0.4 is 5.32 Å². The van der Waals surface area contributed by atoms with Gasteiger partial charge in [0.25, 0.3) is 5.91 Å². The maximum atomic E-state index is 13.3. The maximum Gasteiger partial charge on any atom is 0.331 e. The number of fused-ring (bicyclic) bond motifs is 1. The summed E-state index contributed by atoms with van der Waals surface area (Å²) in [5.74, 6) is -0.0763. The minimum atomic E-state index is -0.956. The van der Waals surface area contributed by atoms with Crippen molar-refractivity contribution >= 4 is 22.8 Å². The van der Waals surface area contributed by atoms with Gasteiger partial charge in [0.15, 0.2) is 5.76 Å². The van der Waals surface area contributed by atoms with Crippen LogP contribution in [0.15, 0.2) is 53.1 Å². The molecule has 0 atom stereocenters. The number of hydrogen-bond donors (Lipinski definition) is 1. The first-order valence-corrected chi connectivity index (χ1v) is 9.56. The van der Waals surface area contributed by atoms with Crippen molar-refractivity contribution in [1.29, 1.82) is 0 Å². The van der Waals surface area contributed by atoms with Crippen LogP contribution in [0.4, 0.5) is 0 Å². The van der Waals surface area contributed by atoms with Gasteiger partial charge in [0.05, 0.1) is 24.0 Å². The molecule has 0 aliphatic heterocycles. The Balaban J connectivity index is 1.75. The molecule has 1 fully saturated rings. The Hall–Kier alpha value is -3.15. The van der Waals surface area contributed by atoms with Crippen LogP contribution in [0.5, 0.6) is 0 Å². The monoisotopic (exact) mass is 378 g/mol. The van der Waals surface area contributed by atoms with E-state index >= 15 is 0 Å². The van der Waals surface area contributed by atoms with Gasteiger partial charge in [-0.1, -0.05) is 31.0 Å². The number of hydrogen-bond acceptors (Lipinski definition) is 5. The fourth-order valence-corrected chi connectivity index (χ4v) is 3.83. The molecule has 1 aliphatic carbocycles. The smallest absolute Gasteiger partial charge is 0.331 e. The minimum absolute atomic E-state index is 0.289. The lowest BCUT2D eigenvalue weighted by Gasteiger charge is -2.28. The average Bonchev–Trinajstić information content (AvgIpc) is 3.40. The summed E-state index contributed by atoms with van der Waals surface area (Å²) in [5, 5.41) is 3.72. The molecule has 1 aromatic carbocycles. The molecule has 144 valence electrons. The van der Waals surface area contributed by atoms with Crippen molar-refractivity contribution in [2.75, 3.05) is 6.61 Å². The Morgan fingerprint density at radius 3 is 2.68 bits per heavy atom. The fourth-order valence-electron chi connectivity index (χ4n) is 3.83. The number of amides is 1. The van der Waals surface area contributed by atoms with Crippen LogP contribution in [0.25, 0.3) is 22.4 Å². The van der Waals surface area contributed by atoms with Crippen molar-refractivity contribution in [3.63, 3.8) is 0 Å². The number of nitrogens with one attached hydrogen (secondary N) is 1. The Labute approximate surface area is 162 Å². The quantitative estimate of drug-likeness (QED) is 0.676. The Morgan fingerprint density at radius 2 is 1.96 bits per heavy atom. The van der Waals surface area contributed by atoms with Gasteiger partial charge in [-0.15, -0.1) is 0 Å². The number of furan rings is 1. The third-order valence-corrected chi connectivity index (χ3v) is 5.21. The first kappa shape index (κ1) is 18.2. The molecular weight excluding hydrogens is 356 g/mol. The summed E-state index contributed by atoms with van der Waals surface area (Å²) in [4.78, 5) is 30.5. The molecule has 2 aromatic heterocycles. The lowest BCUT2D eigenvalue weighted by atomic mass is 9.96. The number of benzene rings is 1. The number of ether oxygens (including phenoxy) is 1. The van der Waals surface area contributed by atoms with Crippen LogP contribution >= 0.6 is 0 Å². The summed E-state index contributed by atoms with van der Waals surface area (Å²) in [5.41, 5.74) is 0.777. The summed E-state index contributed by atoms with van der Waals surface area (Å²) >= 11 is 0. The minimum Gasteiger partial charge on any atom is -0.464 e. The molecular formula is C22H22N2O4. The average molecular weight is 378 g/mol. The zero-order chi connectivity index (χ0) is 19.6. The predicted molar refractivity (Wildman–Crippen MR) is 105 cm³/mol. The molecule has 1 saturated carbocycles. The lowest BCUT2D eigenvalue weighted by Crippen LogP contribution is -2.53. The van der Waals surface area contributed by atoms with E-state index in [0.717, 1.165) is 18.2 Å². The summed E-state index contributed by atoms with van der Waals surface area (Å²) in [6.45, 7) is 2.06. The van der Waals surface area contributed by atoms with E-state index in [2.05, 4.69) is 10.3 Å². The largest absolute Gasteiger partial charge is 0.464 e. The third-order valence-electron chi connectivity index (χ3n) is 5.21. The second-order valence-corrected chi connectivity index (χ2v) is 7.01. The SMILES string of the molecule is CCOC(=O)C1(NC(=O)c2cc(-c3ccco3)nc3ccccc23)CCCC1. The molecule has 1 amide bonds. The van der Waals surface area contributed by atoms with Crippen molar-refractivity contribution in [2.45, 2.75) is 38.1 Å². The number of carbonyl (C=O) groups is 2. The second kappa shape index (κ2) is 7.46. The van der Waals surface area contributed by atoms with E-state index in [-0.39, 0.29) is 18.5 Å². The van der Waals surface area contributed by atoms with Crippen molar-refractivity contribution in [3.05, 3.63) is 54.3 Å². The van der Waals surface area contributed by atoms with Gasteiger partial charge in [0.2, 0.25) is 0 Å². The molecule has 6 nitrogen and oxygen atoms in total. The summed E-state index contributed by atoms with van der Waals surface area (Å²) in [6.07, 6.45) is 4.51. The van der Waals surface area contributed by atoms with E-state index in [9.17, 15) is 9.59 Å². The van der Waals surface area contributed by atoms with Gasteiger partial charge >= 0.3 is 5.97 Å². The van der Waals surface area contributed by atoms with Crippen LogP contribution in [0.2, 0.25) is 0 Å². The van der Waals surface area contributed by atoms with Gasteiger partial charge in [0.1, 0.15) is 11.2 Å². The highest BCUT2D eigenvalue weighted by Gasteiger charge is 2.44. The molecule has 6 heteroatoms. The summed E-state index contributed by atoms with van der Waals surface area (Å²) in [6, 6.07) is 12.7. The van der Waals surface area contributed by atoms with Gasteiger partial charge in [0, 0.05) is 5.39 Å². The molecule has 0 saturated heterocycles. The van der Waals surface area contributed by atoms with Crippen LogP contribution in [0.1, 0.15) is 43.0 Å². The summed E-state index contributed by atoms with van der Waals surface area (Å²) < 4.78 is 10.7. The summed E-state index contributed by atoms with van der Waals surface area (Å²) in [7, 11) is 0. The molecule has 3 aromatic rings. The topological polar surface area (TPSA) is 81.4 Å².